The molecule has 9 nitrogen and oxygen atoms in total. The molecule has 0 spiro atoms. The van der Waals surface area contributed by atoms with Gasteiger partial charge in [-0.1, -0.05) is 6.07 Å². The summed E-state index contributed by atoms with van der Waals surface area (Å²) in [5, 5.41) is 2.94. The first-order valence-electron chi connectivity index (χ1n) is 10.2. The van der Waals surface area contributed by atoms with Crippen LogP contribution in [0, 0.1) is 0 Å². The van der Waals surface area contributed by atoms with Gasteiger partial charge in [0.1, 0.15) is 12.1 Å². The Bertz CT molecular complexity index is 808. The summed E-state index contributed by atoms with van der Waals surface area (Å²) in [5.74, 6) is 0.961. The molecule has 0 bridgehead atoms. The molecule has 4 heterocycles. The first-order valence-corrected chi connectivity index (χ1v) is 10.2. The fraction of sp³-hybridized carbons (Fsp3) is 0.500. The standard InChI is InChI=1S/C20H27N7O2/c28-19(15-24-6-1-2-7-24)25-9-11-26(12-10-25)20(29)23-14-17-3-4-18(22-13-17)27-8-5-21-16-27/h3-5,8,13,16H,1-2,6-7,9-12,14-15H2,(H,23,29). The van der Waals surface area contributed by atoms with Crippen LogP contribution in [0.25, 0.3) is 5.82 Å². The maximum atomic E-state index is 12.5. The molecule has 0 aliphatic carbocycles. The predicted octanol–water partition coefficient (Wildman–Crippen LogP) is 0.717. The third-order valence-electron chi connectivity index (χ3n) is 5.50. The number of piperazine rings is 1. The number of imidazole rings is 1. The normalized spacial score (nSPS) is 17.5. The summed E-state index contributed by atoms with van der Waals surface area (Å²) in [6.45, 7) is 5.30. The van der Waals surface area contributed by atoms with Crippen LogP contribution in [0.15, 0.2) is 37.1 Å². The van der Waals surface area contributed by atoms with Crippen LogP contribution >= 0.6 is 0 Å². The molecule has 2 saturated heterocycles. The Morgan fingerprint density at radius 1 is 1.00 bits per heavy atom. The molecule has 2 aromatic heterocycles. The van der Waals surface area contributed by atoms with E-state index in [2.05, 4.69) is 20.2 Å². The number of carbonyl (C=O) groups is 2. The average molecular weight is 397 g/mol. The van der Waals surface area contributed by atoms with Gasteiger partial charge in [-0.25, -0.2) is 14.8 Å². The Morgan fingerprint density at radius 2 is 1.76 bits per heavy atom. The van der Waals surface area contributed by atoms with Gasteiger partial charge >= 0.3 is 6.03 Å². The summed E-state index contributed by atoms with van der Waals surface area (Å²) >= 11 is 0. The Hall–Kier alpha value is -2.94. The minimum Gasteiger partial charge on any atom is -0.338 e. The first-order chi connectivity index (χ1) is 14.2. The highest BCUT2D eigenvalue weighted by Gasteiger charge is 2.25. The van der Waals surface area contributed by atoms with Crippen LogP contribution in [-0.2, 0) is 11.3 Å². The molecule has 4 rings (SSSR count). The molecule has 2 aliphatic rings. The van der Waals surface area contributed by atoms with Crippen molar-refractivity contribution in [2.45, 2.75) is 19.4 Å². The molecular formula is C20H27N7O2. The second kappa shape index (κ2) is 9.04. The van der Waals surface area contributed by atoms with E-state index in [1.165, 1.54) is 12.8 Å². The number of hydrogen-bond acceptors (Lipinski definition) is 5. The number of pyridine rings is 1. The summed E-state index contributed by atoms with van der Waals surface area (Å²) < 4.78 is 1.83. The lowest BCUT2D eigenvalue weighted by Gasteiger charge is -2.35. The van der Waals surface area contributed by atoms with Gasteiger partial charge in [0.2, 0.25) is 5.91 Å². The Balaban J connectivity index is 1.20. The van der Waals surface area contributed by atoms with Gasteiger partial charge < -0.3 is 15.1 Å². The second-order valence-electron chi connectivity index (χ2n) is 7.50. The molecule has 2 fully saturated rings. The lowest BCUT2D eigenvalue weighted by atomic mass is 10.2. The van der Waals surface area contributed by atoms with Crippen molar-refractivity contribution >= 4 is 11.9 Å². The summed E-state index contributed by atoms with van der Waals surface area (Å²) in [6, 6.07) is 3.74. The average Bonchev–Trinajstić information content (AvgIpc) is 3.47. The van der Waals surface area contributed by atoms with Crippen molar-refractivity contribution in [3.8, 4) is 5.82 Å². The van der Waals surface area contributed by atoms with Crippen LogP contribution in [0.5, 0.6) is 0 Å². The first kappa shape index (κ1) is 19.4. The molecule has 0 aromatic carbocycles. The minimum atomic E-state index is -0.102. The van der Waals surface area contributed by atoms with Crippen LogP contribution in [0.2, 0.25) is 0 Å². The number of hydrogen-bond donors (Lipinski definition) is 1. The van der Waals surface area contributed by atoms with Crippen LogP contribution in [-0.4, -0.2) is 87.0 Å². The number of carbonyl (C=O) groups excluding carboxylic acids is 2. The van der Waals surface area contributed by atoms with E-state index < -0.39 is 0 Å². The van der Waals surface area contributed by atoms with Crippen molar-refractivity contribution in [2.24, 2.45) is 0 Å². The molecule has 0 atom stereocenters. The topological polar surface area (TPSA) is 86.6 Å². The van der Waals surface area contributed by atoms with Gasteiger partial charge in [0.25, 0.3) is 0 Å². The van der Waals surface area contributed by atoms with Gasteiger partial charge in [-0.3, -0.25) is 14.3 Å². The van der Waals surface area contributed by atoms with Crippen molar-refractivity contribution in [1.29, 1.82) is 0 Å². The van der Waals surface area contributed by atoms with Crippen LogP contribution in [0.3, 0.4) is 0 Å². The monoisotopic (exact) mass is 397 g/mol. The van der Waals surface area contributed by atoms with Crippen molar-refractivity contribution < 1.29 is 9.59 Å². The predicted molar refractivity (Wildman–Crippen MR) is 107 cm³/mol. The molecule has 154 valence electrons. The summed E-state index contributed by atoms with van der Waals surface area (Å²) in [5.41, 5.74) is 0.932. The fourth-order valence-electron chi connectivity index (χ4n) is 3.75. The smallest absolute Gasteiger partial charge is 0.317 e. The zero-order chi connectivity index (χ0) is 20.1. The second-order valence-corrected chi connectivity index (χ2v) is 7.50. The maximum absolute atomic E-state index is 12.5. The third kappa shape index (κ3) is 4.92. The van der Waals surface area contributed by atoms with Gasteiger partial charge in [-0.05, 0) is 37.6 Å². The summed E-state index contributed by atoms with van der Waals surface area (Å²) in [6.07, 6.45) is 9.35. The third-order valence-corrected chi connectivity index (χ3v) is 5.50. The molecule has 0 unspecified atom stereocenters. The molecule has 3 amide bonds. The zero-order valence-corrected chi connectivity index (χ0v) is 16.5. The number of urea groups is 1. The Kier molecular flexibility index (Phi) is 6.04. The quantitative estimate of drug-likeness (QED) is 0.803. The van der Waals surface area contributed by atoms with Crippen LogP contribution in [0.4, 0.5) is 4.79 Å². The van der Waals surface area contributed by atoms with Gasteiger partial charge in [-0.2, -0.15) is 0 Å². The maximum Gasteiger partial charge on any atom is 0.317 e. The van der Waals surface area contributed by atoms with Crippen LogP contribution in [0.1, 0.15) is 18.4 Å². The molecular weight excluding hydrogens is 370 g/mol. The van der Waals surface area contributed by atoms with Gasteiger partial charge in [0.05, 0.1) is 6.54 Å². The Morgan fingerprint density at radius 3 is 2.41 bits per heavy atom. The van der Waals surface area contributed by atoms with E-state index in [0.29, 0.717) is 39.3 Å². The van der Waals surface area contributed by atoms with Gasteiger partial charge in [-0.15, -0.1) is 0 Å². The minimum absolute atomic E-state index is 0.102. The van der Waals surface area contributed by atoms with E-state index >= 15 is 0 Å². The van der Waals surface area contributed by atoms with E-state index in [-0.39, 0.29) is 11.9 Å². The van der Waals surface area contributed by atoms with E-state index in [4.69, 9.17) is 0 Å². The van der Waals surface area contributed by atoms with Crippen molar-refractivity contribution in [1.82, 2.24) is 34.6 Å². The largest absolute Gasteiger partial charge is 0.338 e. The van der Waals surface area contributed by atoms with E-state index in [1.54, 1.807) is 23.6 Å². The van der Waals surface area contributed by atoms with Crippen molar-refractivity contribution in [2.75, 3.05) is 45.8 Å². The SMILES string of the molecule is O=C(CN1CCCC1)N1CCN(C(=O)NCc2ccc(-n3ccnc3)nc2)CC1. The van der Waals surface area contributed by atoms with E-state index in [1.807, 2.05) is 27.8 Å². The lowest BCUT2D eigenvalue weighted by molar-refractivity contribution is -0.133. The highest BCUT2D eigenvalue weighted by atomic mass is 16.2. The fourth-order valence-corrected chi connectivity index (χ4v) is 3.75. The molecule has 9 heteroatoms. The van der Waals surface area contributed by atoms with Crippen molar-refractivity contribution in [3.05, 3.63) is 42.6 Å². The highest BCUT2D eigenvalue weighted by Crippen LogP contribution is 2.10. The number of nitrogens with one attached hydrogen (secondary N) is 1. The van der Waals surface area contributed by atoms with Gasteiger partial charge in [0.15, 0.2) is 0 Å². The Labute approximate surface area is 170 Å². The number of likely N-dealkylation sites (tertiary alicyclic amines) is 1. The number of amides is 3. The molecule has 1 N–H and O–H groups in total. The lowest BCUT2D eigenvalue weighted by Crippen LogP contribution is -2.54. The zero-order valence-electron chi connectivity index (χ0n) is 16.5. The molecule has 29 heavy (non-hydrogen) atoms. The number of rotatable bonds is 5. The number of aromatic nitrogens is 3. The molecule has 2 aromatic rings. The van der Waals surface area contributed by atoms with Crippen LogP contribution < -0.4 is 5.32 Å². The summed E-state index contributed by atoms with van der Waals surface area (Å²) in [7, 11) is 0. The number of nitrogens with zero attached hydrogens (tertiary/aromatic N) is 6. The molecule has 0 saturated carbocycles. The molecule has 2 aliphatic heterocycles. The highest BCUT2D eigenvalue weighted by molar-refractivity contribution is 5.79. The van der Waals surface area contributed by atoms with Crippen molar-refractivity contribution in [3.63, 3.8) is 0 Å². The molecule has 0 radical (unpaired) electrons. The van der Waals surface area contributed by atoms with E-state index in [9.17, 15) is 9.59 Å². The van der Waals surface area contributed by atoms with E-state index in [0.717, 1.165) is 24.5 Å². The summed E-state index contributed by atoms with van der Waals surface area (Å²) in [4.78, 5) is 39.1. The van der Waals surface area contributed by atoms with Gasteiger partial charge in [0, 0.05) is 51.3 Å².